The summed E-state index contributed by atoms with van der Waals surface area (Å²) in [7, 11) is 0. The Bertz CT molecular complexity index is 1080. The van der Waals surface area contributed by atoms with Crippen LogP contribution in [-0.4, -0.2) is 36.1 Å². The normalized spacial score (nSPS) is 20.7. The Morgan fingerprint density at radius 3 is 2.23 bits per heavy atom. The first-order chi connectivity index (χ1) is 15.2. The van der Waals surface area contributed by atoms with Crippen LogP contribution in [0.1, 0.15) is 24.0 Å². The van der Waals surface area contributed by atoms with E-state index in [0.29, 0.717) is 5.56 Å². The van der Waals surface area contributed by atoms with Crippen LogP contribution < -0.4 is 10.2 Å². The number of anilines is 1. The van der Waals surface area contributed by atoms with Crippen molar-refractivity contribution in [2.75, 3.05) is 31.1 Å². The van der Waals surface area contributed by atoms with Crippen LogP contribution in [0, 0.1) is 30.1 Å². The molecule has 2 saturated heterocycles. The van der Waals surface area contributed by atoms with Gasteiger partial charge >= 0.3 is 0 Å². The first-order valence-corrected chi connectivity index (χ1v) is 11.1. The second-order valence-corrected chi connectivity index (χ2v) is 8.73. The number of benzene rings is 2. The van der Waals surface area contributed by atoms with Crippen LogP contribution >= 0.6 is 0 Å². The third-order valence-electron chi connectivity index (χ3n) is 6.73. The lowest BCUT2D eigenvalue weighted by Gasteiger charge is -2.22. The molecule has 0 saturated carbocycles. The van der Waals surface area contributed by atoms with Crippen molar-refractivity contribution in [3.8, 4) is 28.5 Å². The topological polar surface area (TPSA) is 64.8 Å². The molecule has 2 aliphatic heterocycles. The van der Waals surface area contributed by atoms with Gasteiger partial charge < -0.3 is 10.2 Å². The lowest BCUT2D eigenvalue weighted by Crippen LogP contribution is -2.27. The monoisotopic (exact) mass is 409 g/mol. The third kappa shape index (κ3) is 4.04. The fourth-order valence-corrected chi connectivity index (χ4v) is 4.81. The smallest absolute Gasteiger partial charge is 0.225 e. The van der Waals surface area contributed by atoms with Crippen molar-refractivity contribution in [2.45, 2.75) is 19.8 Å². The van der Waals surface area contributed by atoms with E-state index in [1.165, 1.54) is 18.4 Å². The van der Waals surface area contributed by atoms with Gasteiger partial charge in [0.15, 0.2) is 0 Å². The molecule has 0 spiro atoms. The molecule has 2 atom stereocenters. The van der Waals surface area contributed by atoms with Gasteiger partial charge in [-0.1, -0.05) is 42.0 Å². The molecule has 2 unspecified atom stereocenters. The van der Waals surface area contributed by atoms with Gasteiger partial charge in [0, 0.05) is 30.4 Å². The number of hydrogen-bond acceptors (Lipinski definition) is 5. The highest BCUT2D eigenvalue weighted by Gasteiger charge is 2.31. The molecule has 1 N–H and O–H groups in total. The Morgan fingerprint density at radius 2 is 1.58 bits per heavy atom. The molecule has 156 valence electrons. The van der Waals surface area contributed by atoms with Crippen molar-refractivity contribution in [1.82, 2.24) is 15.3 Å². The van der Waals surface area contributed by atoms with Crippen LogP contribution in [0.4, 0.5) is 5.95 Å². The van der Waals surface area contributed by atoms with Gasteiger partial charge in [0.2, 0.25) is 5.95 Å². The molecule has 5 nitrogen and oxygen atoms in total. The van der Waals surface area contributed by atoms with E-state index in [9.17, 15) is 5.26 Å². The van der Waals surface area contributed by atoms with Crippen LogP contribution in [0.2, 0.25) is 0 Å². The number of nitriles is 1. The Morgan fingerprint density at radius 1 is 0.935 bits per heavy atom. The number of hydrogen-bond donors (Lipinski definition) is 1. The lowest BCUT2D eigenvalue weighted by atomic mass is 9.92. The molecule has 2 aliphatic rings. The number of rotatable bonds is 3. The second kappa shape index (κ2) is 8.49. The molecule has 0 aliphatic carbocycles. The summed E-state index contributed by atoms with van der Waals surface area (Å²) in [6.07, 6.45) is 4.34. The molecule has 2 aromatic carbocycles. The fraction of sp³-hybridized carbons (Fsp3) is 0.346. The van der Waals surface area contributed by atoms with Gasteiger partial charge in [-0.3, -0.25) is 0 Å². The van der Waals surface area contributed by atoms with Crippen molar-refractivity contribution in [2.24, 2.45) is 11.8 Å². The molecular weight excluding hydrogens is 382 g/mol. The average molecular weight is 410 g/mol. The quantitative estimate of drug-likeness (QED) is 0.693. The van der Waals surface area contributed by atoms with Gasteiger partial charge in [-0.15, -0.1) is 0 Å². The van der Waals surface area contributed by atoms with E-state index in [2.05, 4.69) is 47.5 Å². The number of aryl methyl sites for hydroxylation is 1. The highest BCUT2D eigenvalue weighted by Crippen LogP contribution is 2.33. The Hall–Kier alpha value is -3.23. The lowest BCUT2D eigenvalue weighted by molar-refractivity contribution is 0.409. The molecule has 5 heteroatoms. The zero-order chi connectivity index (χ0) is 21.2. The first kappa shape index (κ1) is 19.7. The molecule has 5 rings (SSSR count). The minimum absolute atomic E-state index is 0.655. The number of nitrogens with one attached hydrogen (secondary N) is 1. The summed E-state index contributed by atoms with van der Waals surface area (Å²) in [6, 6.07) is 18.4. The minimum Gasteiger partial charge on any atom is -0.341 e. The first-order valence-electron chi connectivity index (χ1n) is 11.1. The Labute approximate surface area is 183 Å². The van der Waals surface area contributed by atoms with Gasteiger partial charge in [-0.25, -0.2) is 9.97 Å². The molecule has 1 aromatic heterocycles. The second-order valence-electron chi connectivity index (χ2n) is 8.73. The van der Waals surface area contributed by atoms with Gasteiger partial charge in [0.25, 0.3) is 0 Å². The predicted octanol–water partition coefficient (Wildman–Crippen LogP) is 4.43. The standard InChI is InChI=1S/C26H27N5/c1-18-2-6-20(7-3-18)24-17-29-26(30-25(24)21-8-4-19(14-27)5-9-21)31-12-10-22-15-28-16-23(22)11-13-31/h2-9,17,22-23,28H,10-13,15-16H2,1H3. The molecule has 0 radical (unpaired) electrons. The van der Waals surface area contributed by atoms with E-state index in [1.54, 1.807) is 0 Å². The summed E-state index contributed by atoms with van der Waals surface area (Å²) in [4.78, 5) is 12.2. The fourth-order valence-electron chi connectivity index (χ4n) is 4.81. The van der Waals surface area contributed by atoms with Gasteiger partial charge in [0.1, 0.15) is 0 Å². The van der Waals surface area contributed by atoms with E-state index in [1.807, 2.05) is 30.5 Å². The number of aromatic nitrogens is 2. The largest absolute Gasteiger partial charge is 0.341 e. The van der Waals surface area contributed by atoms with Crippen molar-refractivity contribution in [1.29, 1.82) is 5.26 Å². The summed E-state index contributed by atoms with van der Waals surface area (Å²) in [5, 5.41) is 12.7. The minimum atomic E-state index is 0.655. The van der Waals surface area contributed by atoms with Gasteiger partial charge in [-0.05, 0) is 62.4 Å². The van der Waals surface area contributed by atoms with Gasteiger partial charge in [0.05, 0.1) is 17.3 Å². The summed E-state index contributed by atoms with van der Waals surface area (Å²) < 4.78 is 0. The van der Waals surface area contributed by atoms with Crippen LogP contribution in [0.5, 0.6) is 0 Å². The molecule has 0 amide bonds. The number of fused-ring (bicyclic) bond motifs is 1. The molecule has 31 heavy (non-hydrogen) atoms. The average Bonchev–Trinajstić information content (AvgIpc) is 3.17. The van der Waals surface area contributed by atoms with E-state index in [-0.39, 0.29) is 0 Å². The highest BCUT2D eigenvalue weighted by molar-refractivity contribution is 5.81. The zero-order valence-electron chi connectivity index (χ0n) is 17.9. The predicted molar refractivity (Wildman–Crippen MR) is 124 cm³/mol. The zero-order valence-corrected chi connectivity index (χ0v) is 17.9. The molecule has 2 fully saturated rings. The van der Waals surface area contributed by atoms with E-state index >= 15 is 0 Å². The van der Waals surface area contributed by atoms with Crippen LogP contribution in [0.3, 0.4) is 0 Å². The maximum Gasteiger partial charge on any atom is 0.225 e. The van der Waals surface area contributed by atoms with Crippen LogP contribution in [-0.2, 0) is 0 Å². The summed E-state index contributed by atoms with van der Waals surface area (Å²) in [5.74, 6) is 2.35. The van der Waals surface area contributed by atoms with Crippen LogP contribution in [0.25, 0.3) is 22.4 Å². The molecule has 0 bridgehead atoms. The van der Waals surface area contributed by atoms with Crippen molar-refractivity contribution < 1.29 is 0 Å². The highest BCUT2D eigenvalue weighted by atomic mass is 15.2. The molecule has 3 aromatic rings. The Balaban J connectivity index is 1.53. The molecular formula is C26H27N5. The van der Waals surface area contributed by atoms with E-state index < -0.39 is 0 Å². The molecule has 3 heterocycles. The van der Waals surface area contributed by atoms with E-state index in [4.69, 9.17) is 9.97 Å². The summed E-state index contributed by atoms with van der Waals surface area (Å²) in [5.41, 5.74) is 5.93. The van der Waals surface area contributed by atoms with Crippen LogP contribution in [0.15, 0.2) is 54.7 Å². The maximum absolute atomic E-state index is 9.18. The maximum atomic E-state index is 9.18. The van der Waals surface area contributed by atoms with Gasteiger partial charge in [-0.2, -0.15) is 5.26 Å². The summed E-state index contributed by atoms with van der Waals surface area (Å²) >= 11 is 0. The van der Waals surface area contributed by atoms with Crippen molar-refractivity contribution in [3.05, 3.63) is 65.9 Å². The summed E-state index contributed by atoms with van der Waals surface area (Å²) in [6.45, 7) is 6.37. The number of nitrogens with zero attached hydrogens (tertiary/aromatic N) is 4. The SMILES string of the molecule is Cc1ccc(-c2cnc(N3CCC4CNCC4CC3)nc2-c2ccc(C#N)cc2)cc1. The van der Waals surface area contributed by atoms with Crippen molar-refractivity contribution in [3.63, 3.8) is 0 Å². The Kier molecular flexibility index (Phi) is 5.40. The van der Waals surface area contributed by atoms with E-state index in [0.717, 1.165) is 66.3 Å². The van der Waals surface area contributed by atoms with Crippen molar-refractivity contribution >= 4 is 5.95 Å². The third-order valence-corrected chi connectivity index (χ3v) is 6.73.